The zero-order valence-corrected chi connectivity index (χ0v) is 81.7. The van der Waals surface area contributed by atoms with E-state index in [9.17, 15) is 31.5 Å². The van der Waals surface area contributed by atoms with Crippen LogP contribution < -0.4 is 22.0 Å². The first-order valence-corrected chi connectivity index (χ1v) is 42.3. The number of ketones is 1. The maximum absolute atomic E-state index is 12.6. The number of hydrogen-bond acceptors (Lipinski definition) is 28. The molecule has 0 spiro atoms. The minimum atomic E-state index is -3.56. The van der Waals surface area contributed by atoms with E-state index < -0.39 is 47.2 Å². The number of anilines is 2. The average Bonchev–Trinajstić information content (AvgIpc) is 1.59. The van der Waals surface area contributed by atoms with Crippen LogP contribution in [-0.2, 0) is 44.1 Å². The Bertz CT molecular complexity index is 4780. The van der Waals surface area contributed by atoms with Gasteiger partial charge in [0, 0.05) is 114 Å². The smallest absolute Gasteiger partial charge is 0.412 e. The fourth-order valence-electron chi connectivity index (χ4n) is 9.00. The monoisotopic (exact) mass is 2220 g/mol. The van der Waals surface area contributed by atoms with Crippen molar-refractivity contribution in [1.29, 1.82) is 11.1 Å². The van der Waals surface area contributed by atoms with Crippen LogP contribution in [0.4, 0.5) is 33.6 Å². The van der Waals surface area contributed by atoms with Crippen molar-refractivity contribution in [2.45, 2.75) is 212 Å². The van der Waals surface area contributed by atoms with Gasteiger partial charge in [-0.15, -0.1) is 0 Å². The van der Waals surface area contributed by atoms with Crippen molar-refractivity contribution in [3.8, 4) is 33.8 Å². The highest BCUT2D eigenvalue weighted by atomic mass is 79.9. The lowest BCUT2D eigenvalue weighted by atomic mass is 9.49. The van der Waals surface area contributed by atoms with Crippen LogP contribution in [0.15, 0.2) is 203 Å². The van der Waals surface area contributed by atoms with Gasteiger partial charge in [0.05, 0.1) is 113 Å². The fraction of sp³-hybridized carbons (Fsp3) is 0.379. The molecule has 1 aromatic carbocycles. The molecule has 132 heavy (non-hydrogen) atoms. The molecular formula is C87H121B3Br5Cl3F5N19O10. The summed E-state index contributed by atoms with van der Waals surface area (Å²) in [4.78, 5) is 69.6. The first-order chi connectivity index (χ1) is 58.3. The number of aliphatic hydroxyl groups excluding tert-OH is 1. The fourth-order valence-corrected chi connectivity index (χ4v) is 10.0. The minimum Gasteiger partial charge on any atom is -0.412 e. The summed E-state index contributed by atoms with van der Waals surface area (Å²) < 4.78 is 98.0. The highest BCUT2D eigenvalue weighted by Crippen LogP contribution is 2.43. The zero-order valence-electron chi connectivity index (χ0n) is 71.5. The number of hydrazine groups is 1. The van der Waals surface area contributed by atoms with Gasteiger partial charge >= 0.3 is 36.0 Å². The molecule has 45 heteroatoms. The molecule has 0 saturated carbocycles. The van der Waals surface area contributed by atoms with Crippen molar-refractivity contribution in [2.24, 2.45) is 5.84 Å². The number of nitrogens with one attached hydrogen (secondary N) is 4. The van der Waals surface area contributed by atoms with Crippen LogP contribution in [0, 0.1) is 51.6 Å². The Morgan fingerprint density at radius 3 is 1.03 bits per heavy atom. The predicted octanol–water partition coefficient (Wildman–Crippen LogP) is 23.2. The molecular weight excluding hydrogens is 2100 g/mol. The molecule has 10 aromatic heterocycles. The number of benzene rings is 1. The van der Waals surface area contributed by atoms with Crippen molar-refractivity contribution in [3.63, 3.8) is 0 Å². The van der Waals surface area contributed by atoms with E-state index in [4.69, 9.17) is 73.1 Å². The van der Waals surface area contributed by atoms with Gasteiger partial charge in [0.1, 0.15) is 20.7 Å². The van der Waals surface area contributed by atoms with Crippen molar-refractivity contribution in [2.75, 3.05) is 17.3 Å². The normalized spacial score (nSPS) is 14.0. The maximum atomic E-state index is 12.6. The number of nitrogen functional groups attached to an aromatic ring is 1. The van der Waals surface area contributed by atoms with Crippen LogP contribution >= 0.6 is 114 Å². The number of hydrogen-bond donors (Lipinski definition) is 6. The molecule has 0 atom stereocenters. The van der Waals surface area contributed by atoms with Crippen molar-refractivity contribution < 1.29 is 71.5 Å². The molecule has 11 aromatic rings. The van der Waals surface area contributed by atoms with Crippen LogP contribution in [0.25, 0.3) is 33.8 Å². The van der Waals surface area contributed by atoms with Crippen molar-refractivity contribution in [3.05, 3.63) is 254 Å². The number of carbonyl (C=O) groups excluding carboxylic acids is 2. The summed E-state index contributed by atoms with van der Waals surface area (Å²) >= 11 is 28.6. The van der Waals surface area contributed by atoms with Gasteiger partial charge in [-0.2, -0.15) is 22.0 Å². The Morgan fingerprint density at radius 1 is 0.439 bits per heavy atom. The molecule has 0 amide bonds. The third-order valence-corrected chi connectivity index (χ3v) is 21.1. The van der Waals surface area contributed by atoms with E-state index in [1.807, 2.05) is 203 Å². The molecule has 0 radical (unpaired) electrons. The van der Waals surface area contributed by atoms with Gasteiger partial charge in [-0.05, 0) is 265 Å². The Kier molecular flexibility index (Phi) is 60.0. The predicted molar refractivity (Wildman–Crippen MR) is 539 cm³/mol. The molecule has 3 aliphatic heterocycles. The minimum absolute atomic E-state index is 0. The summed E-state index contributed by atoms with van der Waals surface area (Å²) in [6, 6.07) is 31.8. The van der Waals surface area contributed by atoms with E-state index in [-0.39, 0.29) is 105 Å². The van der Waals surface area contributed by atoms with E-state index in [0.717, 1.165) is 76.5 Å². The highest BCUT2D eigenvalue weighted by molar-refractivity contribution is 9.11. The molecule has 3 saturated heterocycles. The molecule has 0 bridgehead atoms. The van der Waals surface area contributed by atoms with Gasteiger partial charge in [-0.25, -0.2) is 46.8 Å². The van der Waals surface area contributed by atoms with Gasteiger partial charge in [0.25, 0.3) is 0 Å². The highest BCUT2D eigenvalue weighted by Gasteiger charge is 2.64. The summed E-state index contributed by atoms with van der Waals surface area (Å²) in [7, 11) is -1.26. The maximum Gasteiger partial charge on any atom is 0.496 e. The number of Topliss-reactive ketones (excluding diaryl/α,β-unsaturated/α-hetero) is 1. The van der Waals surface area contributed by atoms with Crippen LogP contribution in [0.1, 0.15) is 163 Å². The third-order valence-electron chi connectivity index (χ3n) is 18.1. The first-order valence-electron chi connectivity index (χ1n) is 37.2. The lowest BCUT2D eigenvalue weighted by Crippen LogP contribution is -2.41. The number of carbonyl (C=O) groups is 2. The summed E-state index contributed by atoms with van der Waals surface area (Å²) in [6.07, 6.45) is 22.5. The van der Waals surface area contributed by atoms with Gasteiger partial charge in [0.15, 0.2) is 5.82 Å². The summed E-state index contributed by atoms with van der Waals surface area (Å²) in [5, 5.41) is 10.1. The second-order valence-corrected chi connectivity index (χ2v) is 35.1. The molecule has 724 valence electrons. The SMILES string of the molecule is C.C.C.C.C.C.CC1(C)OB(B2OC(C)(C)C(C)(C)O2)OC1(C)C.Cc1ccc(-c2cnc(Cl)cn2)cn1.Cc1ccc(-c2cnc(NCC(=O)C(F)(F)Br)cn2)cn1.Cc1ccc(-c2cnc(NN)cn2)cn1.Cc1ccc(B2OC(C)(C)C(C)(C)O2)cn1.Cc1ccc(Br)cn1.Clc1cnc(Br)cn1.Fc1ccc(Br)cn1.N=N.O.O=C(Cl)C(F)(F)Br.OCc1ccccc1.[HH]. The topological polar surface area (TPSA) is 419 Å². The second-order valence-electron chi connectivity index (χ2n) is 29.3. The third kappa shape index (κ3) is 45.4. The van der Waals surface area contributed by atoms with E-state index in [2.05, 4.69) is 168 Å². The van der Waals surface area contributed by atoms with Crippen LogP contribution in [-0.4, -0.2) is 162 Å². The van der Waals surface area contributed by atoms with Crippen LogP contribution in [0.5, 0.6) is 0 Å². The number of rotatable bonds is 12. The number of aromatic nitrogens is 14. The molecule has 14 rings (SSSR count). The molecule has 3 aliphatic rings. The molecule has 3 fully saturated rings. The Morgan fingerprint density at radius 2 is 0.773 bits per heavy atom. The number of alkyl halides is 6. The second kappa shape index (κ2) is 61.0. The summed E-state index contributed by atoms with van der Waals surface area (Å²) in [5.41, 5.74) is 22.1. The van der Waals surface area contributed by atoms with E-state index in [1.165, 1.54) is 37.1 Å². The largest absolute Gasteiger partial charge is 0.496 e. The lowest BCUT2D eigenvalue weighted by molar-refractivity contribution is -0.130. The standard InChI is InChI=1S/C13H11BrF2N4O.C12H24B2O4.C12H18BNO2.C10H8ClN3.C10H11N5.C7H8O.C6H6BrN.C5H3BrFN.C4H2BrClN2.C2BrClF2O.6CH4.H2N2.H2O.H2/c1-8-2-3-9(4-17-8)10-5-19-12(7-18-10)20-6-11(21)13(14,15)16;1-9(2)10(3,4)16-13(15-9)14-17-11(5,6)12(7,8)18-14;1-9-6-7-10(8-14-9)13-15-11(2,3)12(4,5)16-13;1-7-2-3-8(4-12-7)9-5-14-10(11)6-13-9;1-7-2-3-8(4-12-7)9-5-14-10(15-11)6-13-9;8-6-7-4-2-1-3-5-7;1-5-2-3-6(7)4-8-5;6-4-1-2-5(7)8-3-4;5-3-1-8-4(6)2-7-3;3-2(5,6)1(4)7;;;;;;;1-2;;/h2-5,7H,6H2,1H3,(H,19,20);1-8H3;6-8H,1-5H3;2-6H,1H3;2-6H,11H2,1H3,(H,14,15);1-5,8H,6H2;2-4H,1H3;1-3H;1-2H;;6*1H4;1-2H;1H2;1H. The molecule has 13 heterocycles. The van der Waals surface area contributed by atoms with Crippen LogP contribution in [0.2, 0.25) is 10.3 Å². The number of halogens is 13. The Hall–Kier alpha value is -8.27. The number of pyridine rings is 6. The van der Waals surface area contributed by atoms with E-state index in [1.54, 1.807) is 71.6 Å². The summed E-state index contributed by atoms with van der Waals surface area (Å²) in [5.74, 6) is 4.24. The van der Waals surface area contributed by atoms with Crippen LogP contribution in [0.3, 0.4) is 0 Å². The van der Waals surface area contributed by atoms with Gasteiger partial charge in [-0.3, -0.25) is 49.5 Å². The van der Waals surface area contributed by atoms with Crippen molar-refractivity contribution in [1.82, 2.24) is 69.8 Å². The number of aliphatic hydroxyl groups is 1. The molecule has 9 N–H and O–H groups in total. The Labute approximate surface area is 832 Å². The van der Waals surface area contributed by atoms with Gasteiger partial charge in [-0.1, -0.05) is 104 Å². The van der Waals surface area contributed by atoms with Gasteiger partial charge in [0.2, 0.25) is 11.7 Å². The van der Waals surface area contributed by atoms with Crippen molar-refractivity contribution >= 4 is 164 Å². The molecule has 29 nitrogen and oxygen atoms in total. The Balaban J connectivity index is -0.000000461. The lowest BCUT2D eigenvalue weighted by Gasteiger charge is -2.32. The average molecular weight is 2230 g/mol. The molecule has 0 aliphatic carbocycles. The summed E-state index contributed by atoms with van der Waals surface area (Å²) in [6.45, 7) is 33.7. The zero-order chi connectivity index (χ0) is 93.9. The molecule has 0 unspecified atom stereocenters. The van der Waals surface area contributed by atoms with E-state index >= 15 is 0 Å². The quantitative estimate of drug-likeness (QED) is 0.00967. The number of aryl methyl sites for hydroxylation is 5. The van der Waals surface area contributed by atoms with Gasteiger partial charge < -0.3 is 49.3 Å². The first kappa shape index (κ1) is 130. The number of nitrogens with zero attached hydrogens (tertiary/aromatic N) is 14. The van der Waals surface area contributed by atoms with E-state index in [0.29, 0.717) is 26.4 Å². The number of nitrogens with two attached hydrogens (primary N) is 1.